The molecule has 0 atom stereocenters. The van der Waals surface area contributed by atoms with Gasteiger partial charge in [0.1, 0.15) is 11.6 Å². The molecule has 0 aliphatic rings. The molecule has 0 N–H and O–H groups in total. The Morgan fingerprint density at radius 1 is 1.10 bits per heavy atom. The third kappa shape index (κ3) is 2.96. The molecule has 0 spiro atoms. The molecule has 2 aromatic rings. The summed E-state index contributed by atoms with van der Waals surface area (Å²) in [6.07, 6.45) is 0.255. The van der Waals surface area contributed by atoms with Gasteiger partial charge in [0.15, 0.2) is 0 Å². The quantitative estimate of drug-likeness (QED) is 0.812. The number of hydrogen-bond donors (Lipinski definition) is 0. The predicted molar refractivity (Wildman–Crippen MR) is 79.3 cm³/mol. The highest BCUT2D eigenvalue weighted by Crippen LogP contribution is 2.26. The first-order valence-corrected chi connectivity index (χ1v) is 6.75. The predicted octanol–water partition coefficient (Wildman–Crippen LogP) is 4.22. The molecule has 0 heterocycles. The lowest BCUT2D eigenvalue weighted by Crippen LogP contribution is -2.30. The second-order valence-electron chi connectivity index (χ2n) is 5.66. The molecule has 0 bridgehead atoms. The largest absolute Gasteiger partial charge is 0.298 e. The fraction of sp³-hybridized carbons (Fsp3) is 0.278. The summed E-state index contributed by atoms with van der Waals surface area (Å²) in [4.78, 5) is 12.6. The van der Waals surface area contributed by atoms with Crippen molar-refractivity contribution >= 4 is 5.78 Å². The van der Waals surface area contributed by atoms with Gasteiger partial charge in [-0.25, -0.2) is 4.39 Å². The molecule has 2 heteroatoms. The Labute approximate surface area is 119 Å². The number of benzene rings is 2. The molecule has 1 nitrogen and oxygen atoms in total. The van der Waals surface area contributed by atoms with E-state index in [4.69, 9.17) is 0 Å². The van der Waals surface area contributed by atoms with Crippen molar-refractivity contribution < 1.29 is 9.18 Å². The van der Waals surface area contributed by atoms with Gasteiger partial charge in [-0.3, -0.25) is 4.79 Å². The van der Waals surface area contributed by atoms with Gasteiger partial charge in [0, 0.05) is 11.8 Å². The first-order valence-electron chi connectivity index (χ1n) is 6.75. The maximum absolute atomic E-state index is 13.3. The van der Waals surface area contributed by atoms with E-state index in [1.807, 2.05) is 51.1 Å². The van der Waals surface area contributed by atoms with E-state index in [0.717, 1.165) is 16.7 Å². The Kier molecular flexibility index (Phi) is 4.03. The number of hydrogen-bond acceptors (Lipinski definition) is 1. The highest BCUT2D eigenvalue weighted by molar-refractivity contribution is 5.91. The smallest absolute Gasteiger partial charge is 0.147 e. The summed E-state index contributed by atoms with van der Waals surface area (Å²) >= 11 is 0. The molecular weight excluding hydrogens is 251 g/mol. The van der Waals surface area contributed by atoms with Crippen LogP contribution in [0.25, 0.3) is 0 Å². The van der Waals surface area contributed by atoms with Gasteiger partial charge in [0.05, 0.1) is 0 Å². The number of halogens is 1. The number of carbonyl (C=O) groups excluding carboxylic acids is 1. The fourth-order valence-corrected chi connectivity index (χ4v) is 2.24. The van der Waals surface area contributed by atoms with Crippen molar-refractivity contribution in [3.05, 3.63) is 71.0 Å². The number of aryl methyl sites for hydroxylation is 1. The van der Waals surface area contributed by atoms with Crippen molar-refractivity contribution in [3.63, 3.8) is 0 Å². The summed E-state index contributed by atoms with van der Waals surface area (Å²) in [6, 6.07) is 14.3. The van der Waals surface area contributed by atoms with Crippen LogP contribution >= 0.6 is 0 Å². The molecule has 0 saturated heterocycles. The molecular formula is C18H19FO. The monoisotopic (exact) mass is 270 g/mol. The molecule has 0 aromatic heterocycles. The van der Waals surface area contributed by atoms with Crippen LogP contribution in [0.4, 0.5) is 4.39 Å². The Morgan fingerprint density at radius 3 is 2.40 bits per heavy atom. The third-order valence-electron chi connectivity index (χ3n) is 3.85. The maximum atomic E-state index is 13.3. The summed E-state index contributed by atoms with van der Waals surface area (Å²) in [6.45, 7) is 5.73. The Morgan fingerprint density at radius 2 is 1.75 bits per heavy atom. The minimum Gasteiger partial charge on any atom is -0.298 e. The minimum absolute atomic E-state index is 0.0948. The molecule has 0 unspecified atom stereocenters. The number of Topliss-reactive ketones (excluding diaryl/α,β-unsaturated/α-hetero) is 1. The van der Waals surface area contributed by atoms with E-state index >= 15 is 0 Å². The molecule has 20 heavy (non-hydrogen) atoms. The first-order chi connectivity index (χ1) is 9.41. The van der Waals surface area contributed by atoms with Crippen molar-refractivity contribution in [3.8, 4) is 0 Å². The normalized spacial score (nSPS) is 11.4. The van der Waals surface area contributed by atoms with Gasteiger partial charge in [-0.15, -0.1) is 0 Å². The zero-order chi connectivity index (χ0) is 14.8. The van der Waals surface area contributed by atoms with Crippen LogP contribution in [-0.4, -0.2) is 5.78 Å². The second kappa shape index (κ2) is 5.58. The topological polar surface area (TPSA) is 17.1 Å². The summed E-state index contributed by atoms with van der Waals surface area (Å²) in [5.74, 6) is -0.201. The van der Waals surface area contributed by atoms with Gasteiger partial charge in [0.25, 0.3) is 0 Å². The SMILES string of the molecule is Cc1ccc(F)cc1CC(=O)C(C)(C)c1ccccc1. The van der Waals surface area contributed by atoms with E-state index in [-0.39, 0.29) is 18.0 Å². The van der Waals surface area contributed by atoms with Gasteiger partial charge < -0.3 is 0 Å². The molecule has 0 fully saturated rings. The molecule has 0 aliphatic carbocycles. The summed E-state index contributed by atoms with van der Waals surface area (Å²) in [5, 5.41) is 0. The van der Waals surface area contributed by atoms with E-state index in [0.29, 0.717) is 0 Å². The van der Waals surface area contributed by atoms with E-state index < -0.39 is 5.41 Å². The van der Waals surface area contributed by atoms with Crippen LogP contribution < -0.4 is 0 Å². The number of carbonyl (C=O) groups is 1. The van der Waals surface area contributed by atoms with Gasteiger partial charge >= 0.3 is 0 Å². The maximum Gasteiger partial charge on any atom is 0.147 e. The van der Waals surface area contributed by atoms with E-state index in [1.54, 1.807) is 6.07 Å². The first kappa shape index (κ1) is 14.4. The van der Waals surface area contributed by atoms with Crippen molar-refractivity contribution in [1.82, 2.24) is 0 Å². The van der Waals surface area contributed by atoms with E-state index in [2.05, 4.69) is 0 Å². The summed E-state index contributed by atoms with van der Waals surface area (Å²) in [7, 11) is 0. The van der Waals surface area contributed by atoms with Crippen LogP contribution in [0.15, 0.2) is 48.5 Å². The van der Waals surface area contributed by atoms with Crippen LogP contribution in [-0.2, 0) is 16.6 Å². The highest BCUT2D eigenvalue weighted by atomic mass is 19.1. The van der Waals surface area contributed by atoms with Gasteiger partial charge in [0.2, 0.25) is 0 Å². The van der Waals surface area contributed by atoms with Crippen molar-refractivity contribution in [1.29, 1.82) is 0 Å². The Bertz CT molecular complexity index is 615. The summed E-state index contributed by atoms with van der Waals surface area (Å²) in [5.41, 5.74) is 2.13. The Hall–Kier alpha value is -1.96. The molecule has 2 aromatic carbocycles. The Balaban J connectivity index is 2.26. The van der Waals surface area contributed by atoms with E-state index in [9.17, 15) is 9.18 Å². The number of rotatable bonds is 4. The molecule has 0 amide bonds. The molecule has 0 saturated carbocycles. The van der Waals surface area contributed by atoms with Crippen LogP contribution in [0.5, 0.6) is 0 Å². The van der Waals surface area contributed by atoms with E-state index in [1.165, 1.54) is 12.1 Å². The third-order valence-corrected chi connectivity index (χ3v) is 3.85. The lowest BCUT2D eigenvalue weighted by Gasteiger charge is -2.24. The van der Waals surface area contributed by atoms with Crippen molar-refractivity contribution in [2.24, 2.45) is 0 Å². The highest BCUT2D eigenvalue weighted by Gasteiger charge is 2.29. The zero-order valence-electron chi connectivity index (χ0n) is 12.1. The van der Waals surface area contributed by atoms with Crippen LogP contribution in [0.3, 0.4) is 0 Å². The van der Waals surface area contributed by atoms with Gasteiger partial charge in [-0.1, -0.05) is 36.4 Å². The van der Waals surface area contributed by atoms with Crippen molar-refractivity contribution in [2.45, 2.75) is 32.6 Å². The van der Waals surface area contributed by atoms with Crippen LogP contribution in [0, 0.1) is 12.7 Å². The van der Waals surface area contributed by atoms with Crippen LogP contribution in [0.2, 0.25) is 0 Å². The molecule has 0 radical (unpaired) electrons. The van der Waals surface area contributed by atoms with Crippen LogP contribution in [0.1, 0.15) is 30.5 Å². The lowest BCUT2D eigenvalue weighted by atomic mass is 9.78. The molecule has 104 valence electrons. The second-order valence-corrected chi connectivity index (χ2v) is 5.66. The van der Waals surface area contributed by atoms with Gasteiger partial charge in [-0.2, -0.15) is 0 Å². The standard InChI is InChI=1S/C18H19FO/c1-13-9-10-16(19)11-14(13)12-17(20)18(2,3)15-7-5-4-6-8-15/h4-11H,12H2,1-3H3. The fourth-order valence-electron chi connectivity index (χ4n) is 2.24. The summed E-state index contributed by atoms with van der Waals surface area (Å²) < 4.78 is 13.3. The van der Waals surface area contributed by atoms with Crippen molar-refractivity contribution in [2.75, 3.05) is 0 Å². The van der Waals surface area contributed by atoms with Gasteiger partial charge in [-0.05, 0) is 49.6 Å². The lowest BCUT2D eigenvalue weighted by molar-refractivity contribution is -0.122. The molecule has 2 rings (SSSR count). The molecule has 0 aliphatic heterocycles. The number of ketones is 1. The zero-order valence-corrected chi connectivity index (χ0v) is 12.1. The average molecular weight is 270 g/mol. The minimum atomic E-state index is -0.569. The average Bonchev–Trinajstić information content (AvgIpc) is 2.43.